The molecule has 0 amide bonds. The van der Waals surface area contributed by atoms with Gasteiger partial charge in [0.1, 0.15) is 11.9 Å². The molecule has 0 bridgehead atoms. The summed E-state index contributed by atoms with van der Waals surface area (Å²) in [5.74, 6) is -2.02. The van der Waals surface area contributed by atoms with Crippen LogP contribution in [0.4, 0.5) is 4.39 Å². The molecule has 0 spiro atoms. The minimum absolute atomic E-state index is 0.0180. The van der Waals surface area contributed by atoms with Gasteiger partial charge in [-0.05, 0) is 6.42 Å². The second-order valence-electron chi connectivity index (χ2n) is 3.67. The van der Waals surface area contributed by atoms with E-state index in [9.17, 15) is 19.7 Å². The normalized spacial score (nSPS) is 46.5. The molecule has 5 heteroatoms. The highest BCUT2D eigenvalue weighted by Crippen LogP contribution is 2.44. The highest BCUT2D eigenvalue weighted by Gasteiger charge is 2.58. The fourth-order valence-corrected chi connectivity index (χ4v) is 2.12. The Morgan fingerprint density at radius 2 is 1.92 bits per heavy atom. The Labute approximate surface area is 69.2 Å². The summed E-state index contributed by atoms with van der Waals surface area (Å²) in [5.41, 5.74) is -1.33. The van der Waals surface area contributed by atoms with Gasteiger partial charge in [-0.1, -0.05) is 0 Å². The Bertz CT molecular complexity index is 211. The van der Waals surface area contributed by atoms with Gasteiger partial charge in [-0.2, -0.15) is 0 Å². The molecule has 70 valence electrons. The average molecular weight is 177 g/mol. The predicted octanol–water partition coefficient (Wildman–Crippen LogP) is -0.849. The average Bonchev–Trinajstić information content (AvgIpc) is 2.32. The molecule has 3 N–H and O–H groups in total. The van der Waals surface area contributed by atoms with Crippen LogP contribution in [-0.4, -0.2) is 44.6 Å². The number of alkyl halides is 1. The number of hydrogen-bond acceptors (Lipinski definition) is 4. The van der Waals surface area contributed by atoms with Crippen molar-refractivity contribution >= 4 is 0 Å². The number of rotatable bonds is 0. The van der Waals surface area contributed by atoms with Crippen molar-refractivity contribution in [2.75, 3.05) is 6.54 Å². The molecule has 2 atom stereocenters. The van der Waals surface area contributed by atoms with E-state index < -0.39 is 17.8 Å². The smallest absolute Gasteiger partial charge is 0.227 e. The Morgan fingerprint density at radius 3 is 2.50 bits per heavy atom. The third-order valence-corrected chi connectivity index (χ3v) is 2.72. The van der Waals surface area contributed by atoms with Gasteiger partial charge in [-0.15, -0.1) is 0 Å². The lowest BCUT2D eigenvalue weighted by Crippen LogP contribution is -2.50. The molecule has 2 aliphatic rings. The molecule has 2 unspecified atom stereocenters. The Kier molecular flexibility index (Phi) is 1.51. The first-order valence-corrected chi connectivity index (χ1v) is 4.03. The molecular formula is C7H12FNO3. The standard InChI is InChI=1S/C7H12FNO3/c8-5-3-6(10)1-2-7(11,12)9(6)4-5/h5,10-12H,1-4H2. The first-order chi connectivity index (χ1) is 5.44. The van der Waals surface area contributed by atoms with Gasteiger partial charge < -0.3 is 15.3 Å². The molecule has 0 aromatic heterocycles. The molecule has 2 heterocycles. The van der Waals surface area contributed by atoms with Crippen molar-refractivity contribution in [3.8, 4) is 0 Å². The monoisotopic (exact) mass is 177 g/mol. The van der Waals surface area contributed by atoms with E-state index >= 15 is 0 Å². The van der Waals surface area contributed by atoms with Gasteiger partial charge >= 0.3 is 0 Å². The summed E-state index contributed by atoms with van der Waals surface area (Å²) in [6.45, 7) is -0.0938. The van der Waals surface area contributed by atoms with Crippen molar-refractivity contribution in [1.82, 2.24) is 4.90 Å². The highest BCUT2D eigenvalue weighted by molar-refractivity contribution is 5.00. The van der Waals surface area contributed by atoms with Gasteiger partial charge in [-0.25, -0.2) is 9.29 Å². The maximum absolute atomic E-state index is 12.8. The molecular weight excluding hydrogens is 165 g/mol. The number of nitrogens with zero attached hydrogens (tertiary/aromatic N) is 1. The molecule has 0 aromatic rings. The molecule has 0 radical (unpaired) electrons. The Balaban J connectivity index is 2.25. The lowest BCUT2D eigenvalue weighted by molar-refractivity contribution is -0.277. The fraction of sp³-hybridized carbons (Fsp3) is 1.00. The van der Waals surface area contributed by atoms with Crippen LogP contribution in [0.2, 0.25) is 0 Å². The zero-order valence-electron chi connectivity index (χ0n) is 6.57. The SMILES string of the molecule is OC1(O)CCC2(O)CC(F)CN12. The number of fused-ring (bicyclic) bond motifs is 1. The van der Waals surface area contributed by atoms with Crippen LogP contribution in [0, 0.1) is 0 Å². The van der Waals surface area contributed by atoms with Crippen LogP contribution < -0.4 is 0 Å². The van der Waals surface area contributed by atoms with E-state index in [1.165, 1.54) is 0 Å². The number of halogens is 1. The third kappa shape index (κ3) is 0.974. The minimum Gasteiger partial charge on any atom is -0.375 e. The maximum Gasteiger partial charge on any atom is 0.227 e. The van der Waals surface area contributed by atoms with Crippen molar-refractivity contribution < 1.29 is 19.7 Å². The zero-order chi connectivity index (χ0) is 8.98. The lowest BCUT2D eigenvalue weighted by atomic mass is 10.1. The zero-order valence-corrected chi connectivity index (χ0v) is 6.57. The molecule has 0 aromatic carbocycles. The first-order valence-electron chi connectivity index (χ1n) is 4.03. The van der Waals surface area contributed by atoms with Crippen molar-refractivity contribution in [1.29, 1.82) is 0 Å². The molecule has 4 nitrogen and oxygen atoms in total. The van der Waals surface area contributed by atoms with E-state index in [0.717, 1.165) is 4.90 Å². The second kappa shape index (κ2) is 2.17. The molecule has 2 saturated heterocycles. The van der Waals surface area contributed by atoms with E-state index in [1.54, 1.807) is 0 Å². The van der Waals surface area contributed by atoms with Crippen molar-refractivity contribution in [3.63, 3.8) is 0 Å². The van der Waals surface area contributed by atoms with Crippen LogP contribution in [0.5, 0.6) is 0 Å². The number of aliphatic hydroxyl groups is 3. The highest BCUT2D eigenvalue weighted by atomic mass is 19.1. The topological polar surface area (TPSA) is 63.9 Å². The van der Waals surface area contributed by atoms with E-state index in [4.69, 9.17) is 0 Å². The van der Waals surface area contributed by atoms with Crippen molar-refractivity contribution in [2.24, 2.45) is 0 Å². The van der Waals surface area contributed by atoms with Gasteiger partial charge in [0.2, 0.25) is 5.91 Å². The summed E-state index contributed by atoms with van der Waals surface area (Å²) in [6.07, 6.45) is -0.874. The summed E-state index contributed by atoms with van der Waals surface area (Å²) in [6, 6.07) is 0. The van der Waals surface area contributed by atoms with E-state index in [2.05, 4.69) is 0 Å². The Morgan fingerprint density at radius 1 is 1.25 bits per heavy atom. The lowest BCUT2D eigenvalue weighted by Gasteiger charge is -2.31. The van der Waals surface area contributed by atoms with Crippen LogP contribution in [0.3, 0.4) is 0 Å². The van der Waals surface area contributed by atoms with Crippen molar-refractivity contribution in [2.45, 2.75) is 37.1 Å². The van der Waals surface area contributed by atoms with Gasteiger partial charge in [-0.3, -0.25) is 0 Å². The van der Waals surface area contributed by atoms with Crippen LogP contribution in [-0.2, 0) is 0 Å². The maximum atomic E-state index is 12.8. The molecule has 2 rings (SSSR count). The van der Waals surface area contributed by atoms with Gasteiger partial charge in [0, 0.05) is 19.4 Å². The summed E-state index contributed by atoms with van der Waals surface area (Å²) in [5, 5.41) is 28.3. The summed E-state index contributed by atoms with van der Waals surface area (Å²) < 4.78 is 12.8. The summed E-state index contributed by atoms with van der Waals surface area (Å²) in [7, 11) is 0. The molecule has 0 saturated carbocycles. The molecule has 2 aliphatic heterocycles. The second-order valence-corrected chi connectivity index (χ2v) is 3.67. The van der Waals surface area contributed by atoms with E-state index in [0.29, 0.717) is 0 Å². The van der Waals surface area contributed by atoms with Crippen LogP contribution in [0.25, 0.3) is 0 Å². The Hall–Kier alpha value is -0.230. The van der Waals surface area contributed by atoms with Gasteiger partial charge in [0.15, 0.2) is 0 Å². The molecule has 12 heavy (non-hydrogen) atoms. The quantitative estimate of drug-likeness (QED) is 0.422. The number of hydrogen-bond donors (Lipinski definition) is 3. The van der Waals surface area contributed by atoms with Gasteiger partial charge in [0.05, 0.1) is 0 Å². The molecule has 0 aliphatic carbocycles. The van der Waals surface area contributed by atoms with Crippen LogP contribution in [0.1, 0.15) is 19.3 Å². The van der Waals surface area contributed by atoms with Crippen molar-refractivity contribution in [3.05, 3.63) is 0 Å². The van der Waals surface area contributed by atoms with E-state index in [-0.39, 0.29) is 25.8 Å². The first kappa shape index (κ1) is 8.37. The van der Waals surface area contributed by atoms with Gasteiger partial charge in [0.25, 0.3) is 0 Å². The van der Waals surface area contributed by atoms with Crippen LogP contribution in [0.15, 0.2) is 0 Å². The largest absolute Gasteiger partial charge is 0.375 e. The third-order valence-electron chi connectivity index (χ3n) is 2.72. The minimum atomic E-state index is -2.02. The fourth-order valence-electron chi connectivity index (χ4n) is 2.12. The summed E-state index contributed by atoms with van der Waals surface area (Å²) in [4.78, 5) is 1.03. The van der Waals surface area contributed by atoms with E-state index in [1.807, 2.05) is 0 Å². The summed E-state index contributed by atoms with van der Waals surface area (Å²) >= 11 is 0. The van der Waals surface area contributed by atoms with Crippen LogP contribution >= 0.6 is 0 Å². The predicted molar refractivity (Wildman–Crippen MR) is 37.6 cm³/mol. The molecule has 2 fully saturated rings.